The molecule has 4 nitrogen and oxygen atoms in total. The minimum atomic E-state index is -0.0541. The highest BCUT2D eigenvalue weighted by Crippen LogP contribution is 2.27. The molecular weight excluding hydrogens is 440 g/mol. The number of ketones is 2. The van der Waals surface area contributed by atoms with Crippen LogP contribution in [0.5, 0.6) is 0 Å². The highest BCUT2D eigenvalue weighted by atomic mass is 79.9. The first-order chi connectivity index (χ1) is 14.1. The van der Waals surface area contributed by atoms with Crippen LogP contribution in [0.4, 0.5) is 0 Å². The van der Waals surface area contributed by atoms with Gasteiger partial charge in [-0.15, -0.1) is 0 Å². The third-order valence-electron chi connectivity index (χ3n) is 5.81. The normalized spacial score (nSPS) is 12.3. The Labute approximate surface area is 188 Å². The van der Waals surface area contributed by atoms with E-state index in [0.29, 0.717) is 29.1 Å². The molecule has 1 aromatic heterocycles. The van der Waals surface area contributed by atoms with E-state index in [2.05, 4.69) is 23.6 Å². The molecule has 0 fully saturated rings. The lowest BCUT2D eigenvalue weighted by Gasteiger charge is -2.13. The SMILES string of the molecule is CCCCCCn1c2c([n+](Cc3ccccc3)c1C)C(=O)c1ccccc1C2=O.[Br-]. The zero-order valence-electron chi connectivity index (χ0n) is 17.5. The van der Waals surface area contributed by atoms with Gasteiger partial charge in [-0.25, -0.2) is 9.13 Å². The van der Waals surface area contributed by atoms with Gasteiger partial charge in [-0.2, -0.15) is 0 Å². The Bertz CT molecular complexity index is 1070. The Morgan fingerprint density at radius 3 is 2.13 bits per heavy atom. The van der Waals surface area contributed by atoms with Crippen molar-refractivity contribution in [1.29, 1.82) is 0 Å². The second-order valence-electron chi connectivity index (χ2n) is 7.73. The Morgan fingerprint density at radius 1 is 0.833 bits per heavy atom. The van der Waals surface area contributed by atoms with Gasteiger partial charge in [0.2, 0.25) is 23.0 Å². The van der Waals surface area contributed by atoms with Crippen LogP contribution in [0.3, 0.4) is 0 Å². The van der Waals surface area contributed by atoms with Crippen molar-refractivity contribution in [2.45, 2.75) is 52.6 Å². The summed E-state index contributed by atoms with van der Waals surface area (Å²) in [6.45, 7) is 5.55. The summed E-state index contributed by atoms with van der Waals surface area (Å²) < 4.78 is 4.10. The molecule has 0 saturated carbocycles. The monoisotopic (exact) mass is 466 g/mol. The van der Waals surface area contributed by atoms with Crippen molar-refractivity contribution in [3.8, 4) is 0 Å². The molecule has 3 aromatic rings. The molecule has 5 heteroatoms. The van der Waals surface area contributed by atoms with Crippen LogP contribution in [-0.2, 0) is 13.1 Å². The number of carbonyl (C=O) groups is 2. The molecule has 0 bridgehead atoms. The van der Waals surface area contributed by atoms with Gasteiger partial charge in [-0.3, -0.25) is 9.59 Å². The van der Waals surface area contributed by atoms with Gasteiger partial charge >= 0.3 is 0 Å². The van der Waals surface area contributed by atoms with Crippen molar-refractivity contribution >= 4 is 11.6 Å². The second-order valence-corrected chi connectivity index (χ2v) is 7.73. The summed E-state index contributed by atoms with van der Waals surface area (Å²) in [5.41, 5.74) is 3.23. The fraction of sp³-hybridized carbons (Fsp3) is 0.320. The summed E-state index contributed by atoms with van der Waals surface area (Å²) in [5.74, 6) is 0.868. The maximum atomic E-state index is 13.4. The van der Waals surface area contributed by atoms with Crippen LogP contribution in [0.2, 0.25) is 0 Å². The number of imidazole rings is 1. The van der Waals surface area contributed by atoms with Crippen LogP contribution in [-0.4, -0.2) is 16.1 Å². The standard InChI is InChI=1S/C25H27N2O2.BrH/c1-3-4-5-11-16-26-18(2)27(17-19-12-7-6-8-13-19)23-22(26)24(28)20-14-9-10-15-21(20)25(23)29;/h6-10,12-15H,3-5,11,16-17H2,1-2H3;1H/q+1;/p-1. The van der Waals surface area contributed by atoms with E-state index in [1.54, 1.807) is 12.1 Å². The van der Waals surface area contributed by atoms with Gasteiger partial charge < -0.3 is 17.0 Å². The van der Waals surface area contributed by atoms with Crippen LogP contribution < -0.4 is 21.5 Å². The van der Waals surface area contributed by atoms with E-state index >= 15 is 0 Å². The Balaban J connectivity index is 0.00000256. The van der Waals surface area contributed by atoms with Crippen molar-refractivity contribution in [2.24, 2.45) is 0 Å². The molecule has 1 aliphatic rings. The molecule has 0 N–H and O–H groups in total. The van der Waals surface area contributed by atoms with Gasteiger partial charge in [-0.05, 0) is 18.4 Å². The third kappa shape index (κ3) is 3.91. The van der Waals surface area contributed by atoms with Crippen LogP contribution >= 0.6 is 0 Å². The minimum absolute atomic E-state index is 0. The van der Waals surface area contributed by atoms with Crippen LogP contribution in [0.25, 0.3) is 0 Å². The quantitative estimate of drug-likeness (QED) is 0.306. The molecular formula is C25H27BrN2O2. The summed E-state index contributed by atoms with van der Waals surface area (Å²) in [5, 5.41) is 0. The molecule has 2 aromatic carbocycles. The van der Waals surface area contributed by atoms with Crippen molar-refractivity contribution in [2.75, 3.05) is 0 Å². The van der Waals surface area contributed by atoms with Gasteiger partial charge in [0.1, 0.15) is 6.54 Å². The summed E-state index contributed by atoms with van der Waals surface area (Å²) in [6, 6.07) is 17.3. The maximum absolute atomic E-state index is 13.4. The number of hydrogen-bond donors (Lipinski definition) is 0. The Morgan fingerprint density at radius 2 is 1.47 bits per heavy atom. The van der Waals surface area contributed by atoms with Gasteiger partial charge in [-0.1, -0.05) is 74.4 Å². The van der Waals surface area contributed by atoms with E-state index in [-0.39, 0.29) is 28.5 Å². The van der Waals surface area contributed by atoms with Crippen LogP contribution in [0.1, 0.15) is 76.1 Å². The van der Waals surface area contributed by atoms with Crippen molar-refractivity contribution in [1.82, 2.24) is 4.57 Å². The van der Waals surface area contributed by atoms with E-state index in [0.717, 1.165) is 30.8 Å². The highest BCUT2D eigenvalue weighted by molar-refractivity contribution is 6.26. The third-order valence-corrected chi connectivity index (χ3v) is 5.81. The minimum Gasteiger partial charge on any atom is -1.00 e. The first kappa shape index (κ1) is 22.2. The maximum Gasteiger partial charge on any atom is 0.254 e. The largest absolute Gasteiger partial charge is 1.00 e. The molecule has 156 valence electrons. The van der Waals surface area contributed by atoms with Crippen molar-refractivity contribution < 1.29 is 31.1 Å². The molecule has 30 heavy (non-hydrogen) atoms. The van der Waals surface area contributed by atoms with Gasteiger partial charge in [0.25, 0.3) is 5.82 Å². The molecule has 0 unspecified atom stereocenters. The molecule has 0 radical (unpaired) electrons. The first-order valence-corrected chi connectivity index (χ1v) is 10.5. The fourth-order valence-electron chi connectivity index (χ4n) is 4.25. The number of halogens is 1. The van der Waals surface area contributed by atoms with E-state index in [4.69, 9.17) is 0 Å². The average Bonchev–Trinajstić information content (AvgIpc) is 3.02. The van der Waals surface area contributed by atoms with Gasteiger partial charge in [0.15, 0.2) is 0 Å². The summed E-state index contributed by atoms with van der Waals surface area (Å²) in [6.07, 6.45) is 4.48. The van der Waals surface area contributed by atoms with Crippen molar-refractivity contribution in [3.05, 3.63) is 88.5 Å². The number of fused-ring (bicyclic) bond motifs is 2. The molecule has 0 saturated heterocycles. The topological polar surface area (TPSA) is 43.0 Å². The average molecular weight is 467 g/mol. The highest BCUT2D eigenvalue weighted by Gasteiger charge is 2.42. The summed E-state index contributed by atoms with van der Waals surface area (Å²) in [4.78, 5) is 26.8. The lowest BCUT2D eigenvalue weighted by molar-refractivity contribution is -0.695. The lowest BCUT2D eigenvalue weighted by atomic mass is 9.90. The lowest BCUT2D eigenvalue weighted by Crippen LogP contribution is -3.00. The van der Waals surface area contributed by atoms with Gasteiger partial charge in [0.05, 0.1) is 6.54 Å². The Kier molecular flexibility index (Phi) is 7.03. The molecule has 4 rings (SSSR count). The van der Waals surface area contributed by atoms with E-state index in [1.165, 1.54) is 12.8 Å². The molecule has 0 amide bonds. The summed E-state index contributed by atoms with van der Waals surface area (Å²) >= 11 is 0. The zero-order chi connectivity index (χ0) is 20.4. The molecule has 1 aliphatic carbocycles. The number of benzene rings is 2. The predicted octanol–water partition coefficient (Wildman–Crippen LogP) is 1.49. The Hall–Kier alpha value is -2.53. The van der Waals surface area contributed by atoms with Crippen LogP contribution in [0.15, 0.2) is 54.6 Å². The summed E-state index contributed by atoms with van der Waals surface area (Å²) in [7, 11) is 0. The smallest absolute Gasteiger partial charge is 0.254 e. The second kappa shape index (κ2) is 9.52. The number of nitrogens with zero attached hydrogens (tertiary/aromatic N) is 2. The molecule has 1 heterocycles. The van der Waals surface area contributed by atoms with E-state index < -0.39 is 0 Å². The van der Waals surface area contributed by atoms with Crippen molar-refractivity contribution in [3.63, 3.8) is 0 Å². The van der Waals surface area contributed by atoms with E-state index in [9.17, 15) is 9.59 Å². The number of rotatable bonds is 7. The zero-order valence-corrected chi connectivity index (χ0v) is 19.1. The fourth-order valence-corrected chi connectivity index (χ4v) is 4.25. The first-order valence-electron chi connectivity index (χ1n) is 10.5. The molecule has 0 spiro atoms. The van der Waals surface area contributed by atoms with Gasteiger partial charge in [0, 0.05) is 18.1 Å². The number of aromatic nitrogens is 2. The molecule has 0 atom stereocenters. The van der Waals surface area contributed by atoms with Crippen LogP contribution in [0, 0.1) is 6.92 Å². The number of hydrogen-bond acceptors (Lipinski definition) is 2. The number of unbranched alkanes of at least 4 members (excludes halogenated alkanes) is 3. The predicted molar refractivity (Wildman–Crippen MR) is 112 cm³/mol. The number of carbonyl (C=O) groups excluding carboxylic acids is 2. The van der Waals surface area contributed by atoms with E-state index in [1.807, 2.05) is 41.8 Å². The molecule has 0 aliphatic heterocycles.